The molecule has 0 aromatic heterocycles. The molecule has 0 spiro atoms. The molecule has 2 bridgehead atoms. The minimum Gasteiger partial charge on any atom is -0.465 e. The normalized spacial score (nSPS) is 33.4. The van der Waals surface area contributed by atoms with Crippen LogP contribution in [0.3, 0.4) is 0 Å². The fourth-order valence-electron chi connectivity index (χ4n) is 5.05. The summed E-state index contributed by atoms with van der Waals surface area (Å²) < 4.78 is 5.66. The van der Waals surface area contributed by atoms with Gasteiger partial charge in [0.2, 0.25) is 0 Å². The van der Waals surface area contributed by atoms with Gasteiger partial charge >= 0.3 is 5.97 Å². The lowest BCUT2D eigenvalue weighted by molar-refractivity contribution is -0.149. The average Bonchev–Trinajstić information content (AvgIpc) is 2.47. The molecule has 23 heavy (non-hydrogen) atoms. The largest absolute Gasteiger partial charge is 0.465 e. The van der Waals surface area contributed by atoms with Crippen LogP contribution in [0.4, 0.5) is 0 Å². The number of rotatable bonds is 9. The second kappa shape index (κ2) is 9.44. The summed E-state index contributed by atoms with van der Waals surface area (Å²) in [6.45, 7) is 5.40. The molecular weight excluding hydrogens is 352 g/mol. The third-order valence-electron chi connectivity index (χ3n) is 5.80. The summed E-state index contributed by atoms with van der Waals surface area (Å²) in [6, 6.07) is 0. The SMILES string of the molecule is CC1CC2CC(C1)CC(C)(COC(=O)CCCCCCCBr)C2. The maximum absolute atomic E-state index is 12.0. The van der Waals surface area contributed by atoms with Gasteiger partial charge < -0.3 is 4.74 Å². The van der Waals surface area contributed by atoms with Crippen LogP contribution in [0.1, 0.15) is 84.5 Å². The highest BCUT2D eigenvalue weighted by molar-refractivity contribution is 9.09. The number of halogens is 1. The zero-order valence-electron chi connectivity index (χ0n) is 15.1. The van der Waals surface area contributed by atoms with Crippen LogP contribution in [0.2, 0.25) is 0 Å². The van der Waals surface area contributed by atoms with Crippen molar-refractivity contribution in [1.82, 2.24) is 0 Å². The molecule has 0 radical (unpaired) electrons. The van der Waals surface area contributed by atoms with Crippen molar-refractivity contribution in [3.05, 3.63) is 0 Å². The van der Waals surface area contributed by atoms with Gasteiger partial charge in [0.05, 0.1) is 6.61 Å². The van der Waals surface area contributed by atoms with E-state index in [0.29, 0.717) is 13.0 Å². The highest BCUT2D eigenvalue weighted by Gasteiger charge is 2.41. The first-order valence-corrected chi connectivity index (χ1v) is 10.8. The van der Waals surface area contributed by atoms with E-state index in [0.717, 1.165) is 35.9 Å². The monoisotopic (exact) mass is 386 g/mol. The highest BCUT2D eigenvalue weighted by atomic mass is 79.9. The number of carbonyl (C=O) groups is 1. The van der Waals surface area contributed by atoms with Crippen LogP contribution in [-0.4, -0.2) is 17.9 Å². The number of hydrogen-bond donors (Lipinski definition) is 0. The van der Waals surface area contributed by atoms with Gasteiger partial charge in [0.1, 0.15) is 0 Å². The number of fused-ring (bicyclic) bond motifs is 2. The standard InChI is InChI=1S/C20H35BrO2/c1-16-10-17-12-18(11-16)14-20(2,13-17)15-23-19(22)8-6-4-3-5-7-9-21/h16-18H,3-15H2,1-2H3. The lowest BCUT2D eigenvalue weighted by Crippen LogP contribution is -2.39. The molecule has 2 aliphatic carbocycles. The molecule has 2 aliphatic rings. The van der Waals surface area contributed by atoms with Crippen LogP contribution in [0.15, 0.2) is 0 Å². The molecule has 0 heterocycles. The number of ether oxygens (including phenoxy) is 1. The second-order valence-corrected chi connectivity index (χ2v) is 9.42. The van der Waals surface area contributed by atoms with Gasteiger partial charge in [-0.3, -0.25) is 4.79 Å². The molecule has 2 nitrogen and oxygen atoms in total. The Morgan fingerprint density at radius 3 is 2.30 bits per heavy atom. The molecule has 2 fully saturated rings. The van der Waals surface area contributed by atoms with Crippen LogP contribution >= 0.6 is 15.9 Å². The molecule has 134 valence electrons. The molecule has 0 aromatic carbocycles. The van der Waals surface area contributed by atoms with Gasteiger partial charge in [-0.1, -0.05) is 49.0 Å². The molecule has 2 unspecified atom stereocenters. The van der Waals surface area contributed by atoms with Crippen LogP contribution < -0.4 is 0 Å². The zero-order valence-corrected chi connectivity index (χ0v) is 16.7. The maximum Gasteiger partial charge on any atom is 0.305 e. The first kappa shape index (κ1) is 19.3. The van der Waals surface area contributed by atoms with E-state index in [2.05, 4.69) is 29.8 Å². The summed E-state index contributed by atoms with van der Waals surface area (Å²) >= 11 is 3.45. The van der Waals surface area contributed by atoms with E-state index in [9.17, 15) is 4.79 Å². The fraction of sp³-hybridized carbons (Fsp3) is 0.950. The number of unbranched alkanes of at least 4 members (excludes halogenated alkanes) is 4. The summed E-state index contributed by atoms with van der Waals surface area (Å²) in [6.07, 6.45) is 13.2. The highest BCUT2D eigenvalue weighted by Crippen LogP contribution is 2.50. The van der Waals surface area contributed by atoms with Crippen LogP contribution in [0, 0.1) is 23.2 Å². The molecule has 3 heteroatoms. The van der Waals surface area contributed by atoms with Gasteiger partial charge in [0.15, 0.2) is 0 Å². The quantitative estimate of drug-likeness (QED) is 0.271. The van der Waals surface area contributed by atoms with E-state index >= 15 is 0 Å². The van der Waals surface area contributed by atoms with E-state index in [1.165, 1.54) is 51.4 Å². The van der Waals surface area contributed by atoms with Crippen molar-refractivity contribution >= 4 is 21.9 Å². The lowest BCUT2D eigenvalue weighted by atomic mass is 9.60. The molecule has 2 rings (SSSR count). The summed E-state index contributed by atoms with van der Waals surface area (Å²) in [5, 5.41) is 1.09. The van der Waals surface area contributed by atoms with Crippen LogP contribution in [-0.2, 0) is 9.53 Å². The molecule has 2 saturated carbocycles. The van der Waals surface area contributed by atoms with E-state index in [1.807, 2.05) is 0 Å². The van der Waals surface area contributed by atoms with Gasteiger partial charge in [0, 0.05) is 17.2 Å². The number of alkyl halides is 1. The van der Waals surface area contributed by atoms with E-state index in [-0.39, 0.29) is 11.4 Å². The van der Waals surface area contributed by atoms with Crippen molar-refractivity contribution in [2.75, 3.05) is 11.9 Å². The van der Waals surface area contributed by atoms with Crippen molar-refractivity contribution < 1.29 is 9.53 Å². The van der Waals surface area contributed by atoms with E-state index in [1.54, 1.807) is 0 Å². The Bertz CT molecular complexity index is 351. The summed E-state index contributed by atoms with van der Waals surface area (Å²) in [5.41, 5.74) is 0.235. The summed E-state index contributed by atoms with van der Waals surface area (Å²) in [4.78, 5) is 12.0. The minimum atomic E-state index is 0.0239. The van der Waals surface area contributed by atoms with Crippen molar-refractivity contribution in [3.63, 3.8) is 0 Å². The topological polar surface area (TPSA) is 26.3 Å². The lowest BCUT2D eigenvalue weighted by Gasteiger charge is -2.46. The van der Waals surface area contributed by atoms with Crippen LogP contribution in [0.25, 0.3) is 0 Å². The Labute approximate surface area is 151 Å². The summed E-state index contributed by atoms with van der Waals surface area (Å²) in [7, 11) is 0. The molecule has 0 saturated heterocycles. The molecular formula is C20H35BrO2. The number of hydrogen-bond acceptors (Lipinski definition) is 2. The predicted molar refractivity (Wildman–Crippen MR) is 99.8 cm³/mol. The van der Waals surface area contributed by atoms with Gasteiger partial charge in [-0.05, 0) is 62.7 Å². The number of esters is 1. The average molecular weight is 387 g/mol. The fourth-order valence-corrected chi connectivity index (χ4v) is 5.44. The van der Waals surface area contributed by atoms with Gasteiger partial charge in [0.25, 0.3) is 0 Å². The van der Waals surface area contributed by atoms with Gasteiger partial charge in [-0.15, -0.1) is 0 Å². The minimum absolute atomic E-state index is 0.0239. The molecule has 0 amide bonds. The zero-order chi connectivity index (χ0) is 16.7. The molecule has 0 aliphatic heterocycles. The van der Waals surface area contributed by atoms with Crippen molar-refractivity contribution in [3.8, 4) is 0 Å². The summed E-state index contributed by atoms with van der Waals surface area (Å²) in [5.74, 6) is 2.66. The van der Waals surface area contributed by atoms with Crippen molar-refractivity contribution in [2.45, 2.75) is 84.5 Å². The third-order valence-corrected chi connectivity index (χ3v) is 6.36. The molecule has 2 atom stereocenters. The van der Waals surface area contributed by atoms with Crippen molar-refractivity contribution in [1.29, 1.82) is 0 Å². The van der Waals surface area contributed by atoms with Gasteiger partial charge in [-0.2, -0.15) is 0 Å². The Balaban J connectivity index is 1.62. The number of carbonyl (C=O) groups excluding carboxylic acids is 1. The first-order valence-electron chi connectivity index (χ1n) is 9.72. The Morgan fingerprint density at radius 1 is 1.04 bits per heavy atom. The molecule has 0 N–H and O–H groups in total. The second-order valence-electron chi connectivity index (χ2n) is 8.63. The Morgan fingerprint density at radius 2 is 1.65 bits per heavy atom. The third kappa shape index (κ3) is 6.76. The molecule has 0 aromatic rings. The smallest absolute Gasteiger partial charge is 0.305 e. The first-order chi connectivity index (χ1) is 11.0. The maximum atomic E-state index is 12.0. The Hall–Kier alpha value is -0.0500. The van der Waals surface area contributed by atoms with E-state index in [4.69, 9.17) is 4.74 Å². The Kier molecular flexibility index (Phi) is 7.91. The van der Waals surface area contributed by atoms with Crippen molar-refractivity contribution in [2.24, 2.45) is 23.2 Å². The van der Waals surface area contributed by atoms with Crippen LogP contribution in [0.5, 0.6) is 0 Å². The van der Waals surface area contributed by atoms with E-state index < -0.39 is 0 Å². The van der Waals surface area contributed by atoms with Gasteiger partial charge in [-0.25, -0.2) is 0 Å². The predicted octanol–water partition coefficient (Wildman–Crippen LogP) is 6.12.